The highest BCUT2D eigenvalue weighted by Crippen LogP contribution is 2.39. The van der Waals surface area contributed by atoms with Crippen LogP contribution >= 0.6 is 22.6 Å². The van der Waals surface area contributed by atoms with Crippen LogP contribution in [0.2, 0.25) is 0 Å². The zero-order chi connectivity index (χ0) is 10.7. The zero-order valence-electron chi connectivity index (χ0n) is 7.61. The van der Waals surface area contributed by atoms with Crippen molar-refractivity contribution >= 4 is 28.3 Å². The molecular weight excluding hydrogens is 301 g/mol. The molecule has 0 heterocycles. The van der Waals surface area contributed by atoms with Crippen LogP contribution in [0.1, 0.15) is 0 Å². The number of benzene rings is 1. The molecule has 1 rings (SSSR count). The Hall–Kier alpha value is -1.05. The Morgan fingerprint density at radius 3 is 2.43 bits per heavy atom. The average molecular weight is 309 g/mol. The number of hydrogen-bond donors (Lipinski definition) is 0. The third-order valence-corrected chi connectivity index (χ3v) is 2.50. The van der Waals surface area contributed by atoms with Gasteiger partial charge in [0.15, 0.2) is 0 Å². The Kier molecular flexibility index (Phi) is 3.50. The monoisotopic (exact) mass is 309 g/mol. The highest BCUT2D eigenvalue weighted by Gasteiger charge is 2.23. The van der Waals surface area contributed by atoms with Crippen molar-refractivity contribution in [2.45, 2.75) is 0 Å². The molecule has 0 N–H and O–H groups in total. The molecule has 0 unspecified atom stereocenters. The summed E-state index contributed by atoms with van der Waals surface area (Å²) in [5.74, 6) is 0.433. The predicted octanol–water partition coefficient (Wildman–Crippen LogP) is 2.22. The molecule has 76 valence electrons. The van der Waals surface area contributed by atoms with Crippen LogP contribution < -0.4 is 9.47 Å². The molecule has 14 heavy (non-hydrogen) atoms. The predicted molar refractivity (Wildman–Crippen MR) is 58.9 cm³/mol. The maximum atomic E-state index is 10.8. The fraction of sp³-hybridized carbons (Fsp3) is 0.250. The van der Waals surface area contributed by atoms with Crippen LogP contribution in [-0.4, -0.2) is 19.1 Å². The first-order chi connectivity index (χ1) is 6.61. The largest absolute Gasteiger partial charge is 0.490 e. The molecule has 0 radical (unpaired) electrons. The van der Waals surface area contributed by atoms with Crippen molar-refractivity contribution in [1.29, 1.82) is 0 Å². The van der Waals surface area contributed by atoms with E-state index in [9.17, 15) is 10.1 Å². The number of hydrogen-bond acceptors (Lipinski definition) is 4. The van der Waals surface area contributed by atoms with Gasteiger partial charge < -0.3 is 9.47 Å². The summed E-state index contributed by atoms with van der Waals surface area (Å²) in [6, 6.07) is 3.24. The Bertz CT molecular complexity index is 367. The van der Waals surface area contributed by atoms with Crippen molar-refractivity contribution in [2.24, 2.45) is 0 Å². The molecule has 1 aromatic rings. The molecule has 0 bridgehead atoms. The molecule has 0 amide bonds. The lowest BCUT2D eigenvalue weighted by molar-refractivity contribution is -0.386. The number of nitrogens with zero attached hydrogens (tertiary/aromatic N) is 1. The molecule has 0 atom stereocenters. The summed E-state index contributed by atoms with van der Waals surface area (Å²) >= 11 is 1.97. The van der Waals surface area contributed by atoms with E-state index in [0.29, 0.717) is 3.57 Å². The Labute approximate surface area is 94.3 Å². The summed E-state index contributed by atoms with van der Waals surface area (Å²) in [7, 11) is 2.78. The van der Waals surface area contributed by atoms with Gasteiger partial charge in [-0.2, -0.15) is 0 Å². The molecule has 0 aliphatic rings. The molecule has 0 spiro atoms. The van der Waals surface area contributed by atoms with Gasteiger partial charge >= 0.3 is 5.69 Å². The molecule has 0 saturated heterocycles. The summed E-state index contributed by atoms with van der Waals surface area (Å²) < 4.78 is 10.5. The fourth-order valence-corrected chi connectivity index (χ4v) is 1.72. The fourth-order valence-electron chi connectivity index (χ4n) is 1.06. The second-order valence-electron chi connectivity index (χ2n) is 2.39. The van der Waals surface area contributed by atoms with Crippen LogP contribution in [0.5, 0.6) is 11.5 Å². The van der Waals surface area contributed by atoms with Crippen LogP contribution in [0.15, 0.2) is 12.1 Å². The van der Waals surface area contributed by atoms with E-state index in [-0.39, 0.29) is 17.2 Å². The van der Waals surface area contributed by atoms with Crippen LogP contribution in [0.4, 0.5) is 5.69 Å². The standard InChI is InChI=1S/C8H8INO4/c1-13-6-4-3-5(9)8(14-2)7(6)10(11)12/h3-4H,1-2H3. The van der Waals surface area contributed by atoms with Crippen molar-refractivity contribution in [3.63, 3.8) is 0 Å². The van der Waals surface area contributed by atoms with Crippen molar-refractivity contribution in [1.82, 2.24) is 0 Å². The lowest BCUT2D eigenvalue weighted by Gasteiger charge is -2.07. The van der Waals surface area contributed by atoms with Gasteiger partial charge in [-0.25, -0.2) is 0 Å². The normalized spacial score (nSPS) is 9.64. The first-order valence-corrected chi connectivity index (χ1v) is 4.74. The van der Waals surface area contributed by atoms with Crippen molar-refractivity contribution in [2.75, 3.05) is 14.2 Å². The summed E-state index contributed by atoms with van der Waals surface area (Å²) in [6.07, 6.45) is 0. The molecular formula is C8H8INO4. The number of rotatable bonds is 3. The van der Waals surface area contributed by atoms with Crippen LogP contribution in [-0.2, 0) is 0 Å². The molecule has 1 aromatic carbocycles. The van der Waals surface area contributed by atoms with Gasteiger partial charge in [0.05, 0.1) is 22.7 Å². The minimum absolute atomic E-state index is 0.137. The summed E-state index contributed by atoms with van der Waals surface area (Å²) in [5, 5.41) is 10.8. The van der Waals surface area contributed by atoms with Crippen LogP contribution in [0, 0.1) is 13.7 Å². The maximum Gasteiger partial charge on any atom is 0.353 e. The van der Waals surface area contributed by atoms with E-state index in [1.165, 1.54) is 14.2 Å². The van der Waals surface area contributed by atoms with Gasteiger partial charge in [-0.1, -0.05) is 0 Å². The number of halogens is 1. The van der Waals surface area contributed by atoms with E-state index in [2.05, 4.69) is 0 Å². The smallest absolute Gasteiger partial charge is 0.353 e. The lowest BCUT2D eigenvalue weighted by atomic mass is 10.3. The number of ether oxygens (including phenoxy) is 2. The average Bonchev–Trinajstić information content (AvgIpc) is 2.17. The maximum absolute atomic E-state index is 10.8. The van der Waals surface area contributed by atoms with Crippen molar-refractivity contribution in [3.05, 3.63) is 25.8 Å². The molecule has 0 aromatic heterocycles. The van der Waals surface area contributed by atoms with E-state index in [1.54, 1.807) is 12.1 Å². The number of nitro benzene ring substituents is 1. The quantitative estimate of drug-likeness (QED) is 0.488. The summed E-state index contributed by atoms with van der Waals surface area (Å²) in [5.41, 5.74) is -0.137. The number of nitro groups is 1. The molecule has 0 aliphatic carbocycles. The molecule has 0 aliphatic heterocycles. The Morgan fingerprint density at radius 1 is 1.36 bits per heavy atom. The van der Waals surface area contributed by atoms with E-state index < -0.39 is 4.92 Å². The third kappa shape index (κ3) is 1.89. The molecule has 0 fully saturated rings. The Balaban J connectivity index is 3.43. The molecule has 6 heteroatoms. The second kappa shape index (κ2) is 4.45. The minimum atomic E-state index is -0.514. The van der Waals surface area contributed by atoms with Gasteiger partial charge in [-0.3, -0.25) is 10.1 Å². The summed E-state index contributed by atoms with van der Waals surface area (Å²) in [6.45, 7) is 0. The number of methoxy groups -OCH3 is 2. The van der Waals surface area contributed by atoms with Gasteiger partial charge in [-0.05, 0) is 34.7 Å². The third-order valence-electron chi connectivity index (χ3n) is 1.65. The lowest BCUT2D eigenvalue weighted by Crippen LogP contribution is -1.99. The molecule has 5 nitrogen and oxygen atoms in total. The Morgan fingerprint density at radius 2 is 2.00 bits per heavy atom. The van der Waals surface area contributed by atoms with Gasteiger partial charge in [0.2, 0.25) is 11.5 Å². The first-order valence-electron chi connectivity index (χ1n) is 3.66. The first kappa shape index (κ1) is 11.0. The van der Waals surface area contributed by atoms with Gasteiger partial charge in [0.25, 0.3) is 0 Å². The van der Waals surface area contributed by atoms with Crippen LogP contribution in [0.25, 0.3) is 0 Å². The summed E-state index contributed by atoms with van der Waals surface area (Å²) in [4.78, 5) is 10.2. The van der Waals surface area contributed by atoms with E-state index in [1.807, 2.05) is 22.6 Å². The van der Waals surface area contributed by atoms with E-state index >= 15 is 0 Å². The zero-order valence-corrected chi connectivity index (χ0v) is 9.77. The SMILES string of the molecule is COc1ccc(I)c(OC)c1[N+](=O)[O-]. The van der Waals surface area contributed by atoms with Crippen molar-refractivity contribution < 1.29 is 14.4 Å². The van der Waals surface area contributed by atoms with Crippen LogP contribution in [0.3, 0.4) is 0 Å². The topological polar surface area (TPSA) is 61.6 Å². The highest BCUT2D eigenvalue weighted by atomic mass is 127. The molecule has 0 saturated carbocycles. The van der Waals surface area contributed by atoms with Gasteiger partial charge in [0.1, 0.15) is 0 Å². The second-order valence-corrected chi connectivity index (χ2v) is 3.55. The van der Waals surface area contributed by atoms with Gasteiger partial charge in [0, 0.05) is 0 Å². The minimum Gasteiger partial charge on any atom is -0.490 e. The van der Waals surface area contributed by atoms with E-state index in [0.717, 1.165) is 0 Å². The van der Waals surface area contributed by atoms with Gasteiger partial charge in [-0.15, -0.1) is 0 Å². The highest BCUT2D eigenvalue weighted by molar-refractivity contribution is 14.1. The van der Waals surface area contributed by atoms with Crippen molar-refractivity contribution in [3.8, 4) is 11.5 Å². The van der Waals surface area contributed by atoms with E-state index in [4.69, 9.17) is 9.47 Å².